The van der Waals surface area contributed by atoms with Gasteiger partial charge in [-0.15, -0.1) is 0 Å². The van der Waals surface area contributed by atoms with Crippen molar-refractivity contribution in [2.75, 3.05) is 7.11 Å². The van der Waals surface area contributed by atoms with Crippen molar-refractivity contribution in [1.29, 1.82) is 0 Å². The van der Waals surface area contributed by atoms with Gasteiger partial charge in [0.05, 0.1) is 35.7 Å². The second kappa shape index (κ2) is 12.3. The van der Waals surface area contributed by atoms with E-state index in [9.17, 15) is 9.00 Å². The summed E-state index contributed by atoms with van der Waals surface area (Å²) in [6.07, 6.45) is 8.33. The van der Waals surface area contributed by atoms with Gasteiger partial charge in [0.2, 0.25) is 0 Å². The van der Waals surface area contributed by atoms with Crippen molar-refractivity contribution in [3.63, 3.8) is 0 Å². The van der Waals surface area contributed by atoms with Crippen molar-refractivity contribution < 1.29 is 13.7 Å². The van der Waals surface area contributed by atoms with Crippen LogP contribution in [0, 0.1) is 0 Å². The quantitative estimate of drug-likeness (QED) is 0.234. The maximum Gasteiger partial charge on any atom is 0.160 e. The molecule has 0 N–H and O–H groups in total. The molecule has 5 nitrogen and oxygen atoms in total. The van der Waals surface area contributed by atoms with Crippen LogP contribution < -0.4 is 4.74 Å². The van der Waals surface area contributed by atoms with Gasteiger partial charge in [0.15, 0.2) is 5.78 Å². The molecule has 4 aromatic rings. The second-order valence-electron chi connectivity index (χ2n) is 8.54. The minimum absolute atomic E-state index is 0.0159. The highest BCUT2D eigenvalue weighted by Gasteiger charge is 2.10. The average molecular weight is 499 g/mol. The van der Waals surface area contributed by atoms with Crippen molar-refractivity contribution in [2.24, 2.45) is 0 Å². The molecule has 0 aliphatic heterocycles. The number of benzene rings is 3. The maximum atomic E-state index is 12.8. The van der Waals surface area contributed by atoms with Crippen molar-refractivity contribution >= 4 is 22.7 Å². The Morgan fingerprint density at radius 1 is 1.03 bits per heavy atom. The lowest BCUT2D eigenvalue weighted by molar-refractivity contribution is -0.113. The van der Waals surface area contributed by atoms with Crippen LogP contribution in [0.1, 0.15) is 30.2 Å². The first-order valence-electron chi connectivity index (χ1n) is 12.0. The van der Waals surface area contributed by atoms with Gasteiger partial charge in [-0.25, -0.2) is 4.98 Å². The highest BCUT2D eigenvalue weighted by Crippen LogP contribution is 2.23. The SMILES string of the molecule is CCCn1cncc1CS(=O)c1ccc(CC(=O)/C=C/c2cccc(-c3ccc(OC)cc3)c2)cc1. The van der Waals surface area contributed by atoms with Crippen LogP contribution >= 0.6 is 0 Å². The van der Waals surface area contributed by atoms with Crippen molar-refractivity contribution in [3.05, 3.63) is 108 Å². The van der Waals surface area contributed by atoms with Gasteiger partial charge in [-0.1, -0.05) is 55.5 Å². The minimum Gasteiger partial charge on any atom is -0.497 e. The number of carbonyl (C=O) groups is 1. The van der Waals surface area contributed by atoms with E-state index in [1.54, 1.807) is 25.7 Å². The Morgan fingerprint density at radius 3 is 2.53 bits per heavy atom. The van der Waals surface area contributed by atoms with Gasteiger partial charge >= 0.3 is 0 Å². The van der Waals surface area contributed by atoms with Gasteiger partial charge in [-0.2, -0.15) is 0 Å². The van der Waals surface area contributed by atoms with Gasteiger partial charge in [0.1, 0.15) is 5.75 Å². The van der Waals surface area contributed by atoms with Crippen LogP contribution in [0.2, 0.25) is 0 Å². The Bertz CT molecular complexity index is 1360. The van der Waals surface area contributed by atoms with Gasteiger partial charge in [0.25, 0.3) is 0 Å². The van der Waals surface area contributed by atoms with E-state index < -0.39 is 10.8 Å². The molecule has 1 unspecified atom stereocenters. The van der Waals surface area contributed by atoms with E-state index in [1.807, 2.05) is 77.4 Å². The molecule has 3 aromatic carbocycles. The number of methoxy groups -OCH3 is 1. The number of ketones is 1. The third kappa shape index (κ3) is 6.67. The summed E-state index contributed by atoms with van der Waals surface area (Å²) in [7, 11) is 0.489. The maximum absolute atomic E-state index is 12.8. The molecule has 0 saturated carbocycles. The number of imidazole rings is 1. The number of aromatic nitrogens is 2. The molecule has 0 fully saturated rings. The Labute approximate surface area is 214 Å². The number of nitrogens with zero attached hydrogens (tertiary/aromatic N) is 2. The summed E-state index contributed by atoms with van der Waals surface area (Å²) >= 11 is 0. The normalized spacial score (nSPS) is 12.1. The van der Waals surface area contributed by atoms with Gasteiger partial charge in [-0.05, 0) is 65.1 Å². The van der Waals surface area contributed by atoms with Crippen LogP contribution in [0.5, 0.6) is 5.75 Å². The summed E-state index contributed by atoms with van der Waals surface area (Å²) in [5, 5.41) is 0. The number of allylic oxidation sites excluding steroid dienone is 1. The first-order chi connectivity index (χ1) is 17.6. The number of hydrogen-bond donors (Lipinski definition) is 0. The van der Waals surface area contributed by atoms with E-state index in [2.05, 4.69) is 18.0 Å². The average Bonchev–Trinajstić information content (AvgIpc) is 3.34. The van der Waals surface area contributed by atoms with Crippen LogP contribution in [0.15, 0.2) is 96.3 Å². The molecule has 1 heterocycles. The monoisotopic (exact) mass is 498 g/mol. The molecule has 184 valence electrons. The van der Waals surface area contributed by atoms with Crippen LogP contribution in [-0.2, 0) is 34.3 Å². The first kappa shape index (κ1) is 25.3. The molecule has 4 rings (SSSR count). The van der Waals surface area contributed by atoms with Crippen LogP contribution in [0.3, 0.4) is 0 Å². The first-order valence-corrected chi connectivity index (χ1v) is 13.3. The van der Waals surface area contributed by atoms with Gasteiger partial charge < -0.3 is 9.30 Å². The van der Waals surface area contributed by atoms with Crippen LogP contribution in [0.25, 0.3) is 17.2 Å². The molecule has 6 heteroatoms. The molecule has 0 radical (unpaired) electrons. The standard InChI is InChI=1S/C30H30N2O3S/c1-3-17-32-22-31-20-27(32)21-36(34)30-15-8-24(9-16-30)19-28(33)12-7-23-5-4-6-26(18-23)25-10-13-29(35-2)14-11-25/h4-16,18,20,22H,3,17,19,21H2,1-2H3/b12-7+. The van der Waals surface area contributed by atoms with E-state index in [-0.39, 0.29) is 5.78 Å². The molecule has 0 spiro atoms. The summed E-state index contributed by atoms with van der Waals surface area (Å²) in [5.41, 5.74) is 4.99. The summed E-state index contributed by atoms with van der Waals surface area (Å²) in [4.78, 5) is 17.5. The Balaban J connectivity index is 1.35. The van der Waals surface area contributed by atoms with E-state index in [4.69, 9.17) is 4.74 Å². The van der Waals surface area contributed by atoms with E-state index in [0.717, 1.165) is 51.6 Å². The molecular formula is C30H30N2O3S. The number of aryl methyl sites for hydroxylation is 1. The summed E-state index contributed by atoms with van der Waals surface area (Å²) < 4.78 is 20.1. The minimum atomic E-state index is -1.16. The smallest absolute Gasteiger partial charge is 0.160 e. The molecule has 0 aliphatic carbocycles. The third-order valence-electron chi connectivity index (χ3n) is 5.88. The number of rotatable bonds is 11. The molecule has 1 aromatic heterocycles. The predicted octanol–water partition coefficient (Wildman–Crippen LogP) is 6.10. The topological polar surface area (TPSA) is 61.2 Å². The molecule has 0 amide bonds. The second-order valence-corrected chi connectivity index (χ2v) is 9.99. The van der Waals surface area contributed by atoms with E-state index >= 15 is 0 Å². The van der Waals surface area contributed by atoms with E-state index in [0.29, 0.717) is 12.2 Å². The number of ether oxygens (including phenoxy) is 1. The molecule has 0 aliphatic rings. The lowest BCUT2D eigenvalue weighted by Gasteiger charge is -2.07. The summed E-state index contributed by atoms with van der Waals surface area (Å²) in [5.74, 6) is 1.26. The Hall–Kier alpha value is -3.77. The zero-order valence-corrected chi connectivity index (χ0v) is 21.4. The lowest BCUT2D eigenvalue weighted by atomic mass is 10.0. The fourth-order valence-electron chi connectivity index (χ4n) is 3.94. The zero-order valence-electron chi connectivity index (χ0n) is 20.6. The fraction of sp³-hybridized carbons (Fsp3) is 0.200. The highest BCUT2D eigenvalue weighted by molar-refractivity contribution is 7.84. The Kier molecular flexibility index (Phi) is 8.63. The molecular weight excluding hydrogens is 468 g/mol. The summed E-state index contributed by atoms with van der Waals surface area (Å²) in [6, 6.07) is 23.4. The van der Waals surface area contributed by atoms with Gasteiger partial charge in [0, 0.05) is 24.1 Å². The van der Waals surface area contributed by atoms with Crippen LogP contribution in [-0.4, -0.2) is 26.7 Å². The molecule has 0 bridgehead atoms. The molecule has 1 atom stereocenters. The third-order valence-corrected chi connectivity index (χ3v) is 7.23. The number of carbonyl (C=O) groups excluding carboxylic acids is 1. The highest BCUT2D eigenvalue weighted by atomic mass is 32.2. The van der Waals surface area contributed by atoms with Gasteiger partial charge in [-0.3, -0.25) is 9.00 Å². The van der Waals surface area contributed by atoms with Crippen LogP contribution in [0.4, 0.5) is 0 Å². The summed E-state index contributed by atoms with van der Waals surface area (Å²) in [6.45, 7) is 2.97. The lowest BCUT2D eigenvalue weighted by Crippen LogP contribution is -2.05. The van der Waals surface area contributed by atoms with Crippen molar-refractivity contribution in [3.8, 4) is 16.9 Å². The zero-order chi connectivity index (χ0) is 25.3. The largest absolute Gasteiger partial charge is 0.497 e. The van der Waals surface area contributed by atoms with Crippen molar-refractivity contribution in [2.45, 2.75) is 37.0 Å². The number of hydrogen-bond acceptors (Lipinski definition) is 4. The molecule has 0 saturated heterocycles. The predicted molar refractivity (Wildman–Crippen MR) is 145 cm³/mol. The van der Waals surface area contributed by atoms with Crippen molar-refractivity contribution in [1.82, 2.24) is 9.55 Å². The fourth-order valence-corrected chi connectivity index (χ4v) is 5.06. The Morgan fingerprint density at radius 2 is 1.81 bits per heavy atom. The van der Waals surface area contributed by atoms with E-state index in [1.165, 1.54) is 0 Å². The molecule has 36 heavy (non-hydrogen) atoms.